The minimum atomic E-state index is 1.22. The monoisotopic (exact) mass is 1760 g/mol. The molecule has 0 aliphatic heterocycles. The summed E-state index contributed by atoms with van der Waals surface area (Å²) >= 11 is 0. The molecule has 0 saturated carbocycles. The van der Waals surface area contributed by atoms with Gasteiger partial charge < -0.3 is 35.2 Å². The summed E-state index contributed by atoms with van der Waals surface area (Å²) in [5.41, 5.74) is 40.4. The maximum absolute atomic E-state index is 2.69. The number of fused-ring (bicyclic) bond motifs is 52. The van der Waals surface area contributed by atoms with E-state index in [1.54, 1.807) is 0 Å². The van der Waals surface area contributed by atoms with E-state index in [1.807, 2.05) is 0 Å². The smallest absolute Gasteiger partial charge is 0.0641 e. The SMILES string of the molecule is c1ccc(-c2c3c4cccc5c6c(ccc7c8cccc9c%10ccccc%10n(c98)c76)n(c3c(-c3ccccc3)c3c6cccc7c8c(ccc9c%10cccc%11c%12ccccc%12n(c%11%10)c98)n(c23)c67)c45)cc1.c1ccc(-c2c3c4cccc5c6c7c8ccccc8n8c9ccccc9c(cc6n(c3c(-c3ccccc3)c3c6cccc9c%10c%11c%12ccccc%12n%12c%13ccccc%13c(cc%10n(c23)c69)c%11%12)c45)c78)cc1. The third-order valence-corrected chi connectivity index (χ3v) is 33.6. The summed E-state index contributed by atoms with van der Waals surface area (Å²) in [7, 11) is 0. The van der Waals surface area contributed by atoms with Crippen LogP contribution in [0.3, 0.4) is 0 Å². The van der Waals surface area contributed by atoms with Gasteiger partial charge in [-0.05, 0) is 82.9 Å². The summed E-state index contributed by atoms with van der Waals surface area (Å²) < 4.78 is 20.9. The third-order valence-electron chi connectivity index (χ3n) is 33.6. The van der Waals surface area contributed by atoms with Gasteiger partial charge in [0.05, 0.1) is 132 Å². The predicted octanol–water partition coefficient (Wildman–Crippen LogP) is 35.2. The average molecular weight is 1770 g/mol. The molecular weight excluding hydrogens is 1700 g/mol. The number of benzene rings is 22. The molecule has 0 N–H and O–H groups in total. The molecule has 0 radical (unpaired) electrons. The van der Waals surface area contributed by atoms with E-state index in [0.717, 1.165) is 0 Å². The van der Waals surface area contributed by atoms with Gasteiger partial charge in [0.25, 0.3) is 0 Å². The summed E-state index contributed by atoms with van der Waals surface area (Å²) in [6.45, 7) is 0. The van der Waals surface area contributed by atoms with Crippen LogP contribution in [0.15, 0.2) is 413 Å². The van der Waals surface area contributed by atoms with Crippen molar-refractivity contribution in [2.24, 2.45) is 0 Å². The van der Waals surface area contributed by atoms with Crippen molar-refractivity contribution in [3.8, 4) is 44.5 Å². The van der Waals surface area contributed by atoms with Crippen LogP contribution in [0.1, 0.15) is 0 Å². The van der Waals surface area contributed by atoms with Gasteiger partial charge in [0.1, 0.15) is 0 Å². The second kappa shape index (κ2) is 24.3. The number of hydrogen-bond donors (Lipinski definition) is 0. The predicted molar refractivity (Wildman–Crippen MR) is 592 cm³/mol. The number of aromatic nitrogens is 8. The van der Waals surface area contributed by atoms with Gasteiger partial charge in [-0.1, -0.05) is 352 Å². The lowest BCUT2D eigenvalue weighted by molar-refractivity contribution is 1.35. The molecule has 0 fully saturated rings. The van der Waals surface area contributed by atoms with Crippen molar-refractivity contribution in [3.05, 3.63) is 413 Å². The van der Waals surface area contributed by atoms with Gasteiger partial charge in [0.15, 0.2) is 0 Å². The summed E-state index contributed by atoms with van der Waals surface area (Å²) in [6, 6.07) is 156. The number of hydrogen-bond acceptors (Lipinski definition) is 0. The Labute approximate surface area is 791 Å². The first kappa shape index (κ1) is 70.9. The molecule has 38 rings (SSSR count). The van der Waals surface area contributed by atoms with Gasteiger partial charge in [0.2, 0.25) is 0 Å². The van der Waals surface area contributed by atoms with E-state index in [2.05, 4.69) is 448 Å². The molecule has 16 aromatic heterocycles. The molecule has 8 nitrogen and oxygen atoms in total. The van der Waals surface area contributed by atoms with Crippen molar-refractivity contribution < 1.29 is 0 Å². The molecule has 16 heterocycles. The topological polar surface area (TPSA) is 35.3 Å². The van der Waals surface area contributed by atoms with E-state index in [0.29, 0.717) is 0 Å². The second-order valence-corrected chi connectivity index (χ2v) is 39.7. The van der Waals surface area contributed by atoms with E-state index in [1.165, 1.54) is 349 Å². The lowest BCUT2D eigenvalue weighted by Crippen LogP contribution is -1.93. The van der Waals surface area contributed by atoms with Crippen molar-refractivity contribution in [1.29, 1.82) is 0 Å². The fraction of sp³-hybridized carbons (Fsp3) is 0. The molecule has 22 aromatic carbocycles. The van der Waals surface area contributed by atoms with Crippen molar-refractivity contribution in [3.63, 3.8) is 0 Å². The first-order chi connectivity index (χ1) is 69.7. The standard InChI is InChI=1S/2C66H34N4/c1-3-17-35(18-4-1)53-59-43-27-15-25-41-56-52(34-46-38-22-8-12-30-48(38)68-50-32-14-10-24-40(50)58(56)64(46)68)70(61(41)43)66(59)54(36-19-5-2-6-20-36)60-44-28-16-26-42-55-51(69(62(42)44)65(53)60)33-45-37-21-7-11-29-47(37)67-49-31-13-9-23-39(49)57(55)63(45)67;1-3-15-35(16-4-1)53-57-47-27-13-25-45-56-52(34-32-44-42-24-12-22-40-38-20-8-10-30-50(38)68(60(40)42)64(44)56)70(61(45)47)66(57)54(36-17-5-2-6-18-36)58-48-28-14-26-46-55-51(69(62(46)48)65(53)58)33-31-43-41-23-11-21-39-37-19-7-9-29-49(37)67(59(39)41)63(43)55/h2*1-34H. The first-order valence-corrected chi connectivity index (χ1v) is 48.9. The Morgan fingerprint density at radius 2 is 0.293 bits per heavy atom. The van der Waals surface area contributed by atoms with Gasteiger partial charge in [-0.15, -0.1) is 0 Å². The third kappa shape index (κ3) is 7.84. The molecule has 8 heteroatoms. The largest absolute Gasteiger partial charge is 0.308 e. The highest BCUT2D eigenvalue weighted by Crippen LogP contribution is 2.61. The van der Waals surface area contributed by atoms with E-state index in [9.17, 15) is 0 Å². The van der Waals surface area contributed by atoms with Crippen molar-refractivity contribution in [2.45, 2.75) is 0 Å². The summed E-state index contributed by atoms with van der Waals surface area (Å²) in [5, 5.41) is 41.5. The van der Waals surface area contributed by atoms with Gasteiger partial charge in [-0.2, -0.15) is 0 Å². The fourth-order valence-corrected chi connectivity index (χ4v) is 28.9. The molecule has 0 unspecified atom stereocenters. The van der Waals surface area contributed by atoms with Crippen molar-refractivity contribution in [2.75, 3.05) is 0 Å². The summed E-state index contributed by atoms with van der Waals surface area (Å²) in [6.07, 6.45) is 0. The number of para-hydroxylation sites is 12. The molecule has 0 saturated heterocycles. The second-order valence-electron chi connectivity index (χ2n) is 39.7. The summed E-state index contributed by atoms with van der Waals surface area (Å²) in [4.78, 5) is 0. The van der Waals surface area contributed by atoms with E-state index >= 15 is 0 Å². The number of nitrogens with zero attached hydrogens (tertiary/aromatic N) is 8. The molecule has 0 aliphatic carbocycles. The Hall–Kier alpha value is -18.8. The molecular formula is C132H68N8. The van der Waals surface area contributed by atoms with Crippen LogP contribution in [0.4, 0.5) is 0 Å². The zero-order valence-electron chi connectivity index (χ0n) is 74.8. The highest BCUT2D eigenvalue weighted by Gasteiger charge is 2.38. The Morgan fingerprint density at radius 3 is 0.607 bits per heavy atom. The minimum absolute atomic E-state index is 1.22. The molecule has 636 valence electrons. The molecule has 0 amide bonds. The van der Waals surface area contributed by atoms with Gasteiger partial charge >= 0.3 is 0 Å². The molecule has 38 aromatic rings. The zero-order valence-corrected chi connectivity index (χ0v) is 74.8. The lowest BCUT2D eigenvalue weighted by Gasteiger charge is -2.16. The van der Waals surface area contributed by atoms with Crippen LogP contribution < -0.4 is 0 Å². The van der Waals surface area contributed by atoms with Crippen LogP contribution in [0.2, 0.25) is 0 Å². The molecule has 0 spiro atoms. The lowest BCUT2D eigenvalue weighted by atomic mass is 9.89. The Kier molecular flexibility index (Phi) is 12.3. The van der Waals surface area contributed by atoms with Crippen LogP contribution in [0, 0.1) is 0 Å². The Bertz CT molecular complexity index is 11700. The molecule has 0 aliphatic rings. The van der Waals surface area contributed by atoms with Crippen molar-refractivity contribution in [1.82, 2.24) is 35.2 Å². The maximum Gasteiger partial charge on any atom is 0.0641 e. The minimum Gasteiger partial charge on any atom is -0.308 e. The Morgan fingerprint density at radius 1 is 0.0929 bits per heavy atom. The highest BCUT2D eigenvalue weighted by molar-refractivity contribution is 6.47. The van der Waals surface area contributed by atoms with Crippen LogP contribution >= 0.6 is 0 Å². The molecule has 0 atom stereocenters. The quantitative estimate of drug-likeness (QED) is 0.168. The van der Waals surface area contributed by atoms with Gasteiger partial charge in [-0.25, -0.2) is 0 Å². The first-order valence-electron chi connectivity index (χ1n) is 48.9. The normalized spacial score (nSPS) is 13.1. The molecule has 140 heavy (non-hydrogen) atoms. The zero-order chi connectivity index (χ0) is 89.7. The molecule has 0 bridgehead atoms. The number of rotatable bonds is 4. The average Bonchev–Trinajstić information content (AvgIpc) is 1.48. The van der Waals surface area contributed by atoms with Crippen LogP contribution in [-0.4, -0.2) is 35.2 Å². The van der Waals surface area contributed by atoms with Crippen LogP contribution in [0.5, 0.6) is 0 Å². The van der Waals surface area contributed by atoms with Gasteiger partial charge in [0, 0.05) is 195 Å². The Balaban J connectivity index is 0.000000116. The van der Waals surface area contributed by atoms with Crippen LogP contribution in [-0.2, 0) is 0 Å². The fourth-order valence-electron chi connectivity index (χ4n) is 28.9. The van der Waals surface area contributed by atoms with E-state index < -0.39 is 0 Å². The van der Waals surface area contributed by atoms with E-state index in [-0.39, 0.29) is 0 Å². The van der Waals surface area contributed by atoms with E-state index in [4.69, 9.17) is 0 Å². The highest BCUT2D eigenvalue weighted by atomic mass is 15.0. The van der Waals surface area contributed by atoms with Crippen molar-refractivity contribution >= 4 is 305 Å². The maximum atomic E-state index is 2.69. The van der Waals surface area contributed by atoms with Crippen LogP contribution in [0.25, 0.3) is 349 Å². The van der Waals surface area contributed by atoms with Gasteiger partial charge in [-0.3, -0.25) is 0 Å². The summed E-state index contributed by atoms with van der Waals surface area (Å²) in [5.74, 6) is 0.